The molecule has 1 heterocycles. The molecule has 3 heteroatoms. The predicted octanol–water partition coefficient (Wildman–Crippen LogP) is 5.09. The maximum Gasteiger partial charge on any atom is 0.134 e. The first-order valence-electron chi connectivity index (χ1n) is 7.17. The molecule has 0 bridgehead atoms. The lowest BCUT2D eigenvalue weighted by Crippen LogP contribution is -2.21. The van der Waals surface area contributed by atoms with Gasteiger partial charge in [0.15, 0.2) is 0 Å². The summed E-state index contributed by atoms with van der Waals surface area (Å²) in [6.07, 6.45) is 0. The van der Waals surface area contributed by atoms with Gasteiger partial charge in [0.1, 0.15) is 11.3 Å². The standard InChI is InChI=1S/C18H18ClNO/c1-3-20-18(14-8-9-15(19)12(2)10-14)17-11-13-6-4-5-7-16(13)21-17/h4-11,18,20H,3H2,1-2H3. The van der Waals surface area contributed by atoms with E-state index in [1.54, 1.807) is 0 Å². The quantitative estimate of drug-likeness (QED) is 0.725. The molecule has 0 spiro atoms. The Labute approximate surface area is 129 Å². The van der Waals surface area contributed by atoms with Crippen LogP contribution in [-0.2, 0) is 0 Å². The number of benzene rings is 2. The second-order valence-corrected chi connectivity index (χ2v) is 5.59. The van der Waals surface area contributed by atoms with E-state index in [2.05, 4.69) is 36.5 Å². The van der Waals surface area contributed by atoms with Gasteiger partial charge in [-0.15, -0.1) is 0 Å². The van der Waals surface area contributed by atoms with Crippen LogP contribution in [0.3, 0.4) is 0 Å². The van der Waals surface area contributed by atoms with Crippen molar-refractivity contribution in [2.24, 2.45) is 0 Å². The number of aryl methyl sites for hydroxylation is 1. The van der Waals surface area contributed by atoms with E-state index in [0.29, 0.717) is 0 Å². The van der Waals surface area contributed by atoms with E-state index < -0.39 is 0 Å². The number of halogens is 1. The topological polar surface area (TPSA) is 25.2 Å². The van der Waals surface area contributed by atoms with Gasteiger partial charge in [-0.05, 0) is 42.8 Å². The molecular formula is C18H18ClNO. The van der Waals surface area contributed by atoms with Crippen LogP contribution in [-0.4, -0.2) is 6.54 Å². The van der Waals surface area contributed by atoms with E-state index in [1.807, 2.05) is 31.2 Å². The van der Waals surface area contributed by atoms with Crippen molar-refractivity contribution in [1.82, 2.24) is 5.32 Å². The van der Waals surface area contributed by atoms with Gasteiger partial charge in [-0.1, -0.05) is 48.9 Å². The molecule has 2 nitrogen and oxygen atoms in total. The first-order valence-corrected chi connectivity index (χ1v) is 7.54. The van der Waals surface area contributed by atoms with Gasteiger partial charge in [0.25, 0.3) is 0 Å². The van der Waals surface area contributed by atoms with Crippen LogP contribution in [0.25, 0.3) is 11.0 Å². The van der Waals surface area contributed by atoms with Crippen molar-refractivity contribution in [3.63, 3.8) is 0 Å². The molecule has 1 aromatic heterocycles. The highest BCUT2D eigenvalue weighted by molar-refractivity contribution is 6.31. The molecule has 108 valence electrons. The van der Waals surface area contributed by atoms with E-state index in [9.17, 15) is 0 Å². The van der Waals surface area contributed by atoms with Crippen molar-refractivity contribution in [2.75, 3.05) is 6.54 Å². The lowest BCUT2D eigenvalue weighted by atomic mass is 10.0. The number of fused-ring (bicyclic) bond motifs is 1. The van der Waals surface area contributed by atoms with Gasteiger partial charge < -0.3 is 9.73 Å². The Kier molecular flexibility index (Phi) is 4.00. The lowest BCUT2D eigenvalue weighted by molar-refractivity contribution is 0.477. The second kappa shape index (κ2) is 5.92. The molecule has 0 saturated heterocycles. The fraction of sp³-hybridized carbons (Fsp3) is 0.222. The molecule has 1 atom stereocenters. The Morgan fingerprint density at radius 2 is 1.95 bits per heavy atom. The fourth-order valence-corrected chi connectivity index (χ4v) is 2.70. The molecule has 3 rings (SSSR count). The summed E-state index contributed by atoms with van der Waals surface area (Å²) in [5.41, 5.74) is 3.16. The van der Waals surface area contributed by atoms with Crippen molar-refractivity contribution < 1.29 is 4.42 Å². The zero-order valence-electron chi connectivity index (χ0n) is 12.2. The molecular weight excluding hydrogens is 282 g/mol. The van der Waals surface area contributed by atoms with Crippen LogP contribution >= 0.6 is 11.6 Å². The SMILES string of the molecule is CCNC(c1ccc(Cl)c(C)c1)c1cc2ccccc2o1. The minimum absolute atomic E-state index is 0.0402. The first-order chi connectivity index (χ1) is 10.2. The summed E-state index contributed by atoms with van der Waals surface area (Å²) in [5, 5.41) is 5.40. The number of hydrogen-bond donors (Lipinski definition) is 1. The average Bonchev–Trinajstić information content (AvgIpc) is 2.91. The minimum Gasteiger partial charge on any atom is -0.459 e. The smallest absolute Gasteiger partial charge is 0.134 e. The highest BCUT2D eigenvalue weighted by Gasteiger charge is 2.18. The maximum atomic E-state index is 6.13. The van der Waals surface area contributed by atoms with Crippen molar-refractivity contribution in [3.8, 4) is 0 Å². The summed E-state index contributed by atoms with van der Waals surface area (Å²) in [4.78, 5) is 0. The van der Waals surface area contributed by atoms with E-state index in [-0.39, 0.29) is 6.04 Å². The Balaban J connectivity index is 2.05. The molecule has 1 unspecified atom stereocenters. The van der Waals surface area contributed by atoms with Crippen molar-refractivity contribution >= 4 is 22.6 Å². The lowest BCUT2D eigenvalue weighted by Gasteiger charge is -2.17. The molecule has 0 aliphatic carbocycles. The third-order valence-electron chi connectivity index (χ3n) is 3.65. The van der Waals surface area contributed by atoms with Crippen LogP contribution in [0.4, 0.5) is 0 Å². The van der Waals surface area contributed by atoms with Crippen LogP contribution in [0.2, 0.25) is 5.02 Å². The van der Waals surface area contributed by atoms with Crippen LogP contribution in [0.15, 0.2) is 52.9 Å². The third kappa shape index (κ3) is 2.82. The molecule has 0 aliphatic rings. The fourth-order valence-electron chi connectivity index (χ4n) is 2.58. The van der Waals surface area contributed by atoms with Gasteiger partial charge in [0.05, 0.1) is 6.04 Å². The minimum atomic E-state index is 0.0402. The third-order valence-corrected chi connectivity index (χ3v) is 4.08. The number of furan rings is 1. The van der Waals surface area contributed by atoms with Crippen LogP contribution in [0.5, 0.6) is 0 Å². The second-order valence-electron chi connectivity index (χ2n) is 5.19. The summed E-state index contributed by atoms with van der Waals surface area (Å²) in [7, 11) is 0. The normalized spacial score (nSPS) is 12.7. The summed E-state index contributed by atoms with van der Waals surface area (Å²) >= 11 is 6.13. The van der Waals surface area contributed by atoms with Crippen molar-refractivity contribution in [3.05, 3.63) is 70.4 Å². The van der Waals surface area contributed by atoms with Crippen LogP contribution in [0.1, 0.15) is 29.9 Å². The number of rotatable bonds is 4. The molecule has 0 aliphatic heterocycles. The zero-order valence-corrected chi connectivity index (χ0v) is 12.9. The van der Waals surface area contributed by atoms with Gasteiger partial charge in [-0.2, -0.15) is 0 Å². The molecule has 0 fully saturated rings. The largest absolute Gasteiger partial charge is 0.459 e. The molecule has 2 aromatic carbocycles. The highest BCUT2D eigenvalue weighted by atomic mass is 35.5. The Morgan fingerprint density at radius 3 is 2.67 bits per heavy atom. The number of hydrogen-bond acceptors (Lipinski definition) is 2. The average molecular weight is 300 g/mol. The molecule has 0 saturated carbocycles. The number of nitrogens with one attached hydrogen (secondary N) is 1. The summed E-state index contributed by atoms with van der Waals surface area (Å²) in [6.45, 7) is 4.98. The molecule has 1 N–H and O–H groups in total. The Bertz CT molecular complexity index is 730. The van der Waals surface area contributed by atoms with E-state index >= 15 is 0 Å². The van der Waals surface area contributed by atoms with Gasteiger partial charge in [-0.3, -0.25) is 0 Å². The van der Waals surface area contributed by atoms with E-state index in [4.69, 9.17) is 16.0 Å². The maximum absolute atomic E-state index is 6.13. The van der Waals surface area contributed by atoms with Crippen molar-refractivity contribution in [1.29, 1.82) is 0 Å². The summed E-state index contributed by atoms with van der Waals surface area (Å²) < 4.78 is 6.01. The molecule has 3 aromatic rings. The Morgan fingerprint density at radius 1 is 1.14 bits per heavy atom. The molecule has 21 heavy (non-hydrogen) atoms. The summed E-state index contributed by atoms with van der Waals surface area (Å²) in [5.74, 6) is 0.930. The van der Waals surface area contributed by atoms with Gasteiger partial charge >= 0.3 is 0 Å². The molecule has 0 radical (unpaired) electrons. The predicted molar refractivity (Wildman–Crippen MR) is 87.9 cm³/mol. The van der Waals surface area contributed by atoms with Gasteiger partial charge in [0, 0.05) is 10.4 Å². The summed E-state index contributed by atoms with van der Waals surface area (Å²) in [6, 6.07) is 16.3. The zero-order chi connectivity index (χ0) is 14.8. The highest BCUT2D eigenvalue weighted by Crippen LogP contribution is 2.30. The van der Waals surface area contributed by atoms with Crippen LogP contribution in [0, 0.1) is 6.92 Å². The van der Waals surface area contributed by atoms with Gasteiger partial charge in [0.2, 0.25) is 0 Å². The van der Waals surface area contributed by atoms with Crippen LogP contribution < -0.4 is 5.32 Å². The van der Waals surface area contributed by atoms with Crippen molar-refractivity contribution in [2.45, 2.75) is 19.9 Å². The number of para-hydroxylation sites is 1. The van der Waals surface area contributed by atoms with E-state index in [0.717, 1.165) is 39.4 Å². The Hall–Kier alpha value is -1.77. The van der Waals surface area contributed by atoms with Gasteiger partial charge in [-0.25, -0.2) is 0 Å². The van der Waals surface area contributed by atoms with E-state index in [1.165, 1.54) is 0 Å². The first kappa shape index (κ1) is 14.2. The molecule has 0 amide bonds. The monoisotopic (exact) mass is 299 g/mol.